The van der Waals surface area contributed by atoms with Gasteiger partial charge in [-0.15, -0.1) is 0 Å². The van der Waals surface area contributed by atoms with Crippen LogP contribution in [0.25, 0.3) is 0 Å². The molecule has 0 fully saturated rings. The van der Waals surface area contributed by atoms with Crippen LogP contribution < -0.4 is 5.73 Å². The number of allylic oxidation sites excluding steroid dienone is 2. The summed E-state index contributed by atoms with van der Waals surface area (Å²) in [5, 5.41) is 0. The lowest BCUT2D eigenvalue weighted by molar-refractivity contribution is -0.113. The molecule has 0 aliphatic heterocycles. The minimum absolute atomic E-state index is 0.0128. The van der Waals surface area contributed by atoms with Crippen molar-refractivity contribution in [3.8, 4) is 0 Å². The van der Waals surface area contributed by atoms with Crippen molar-refractivity contribution in [2.45, 2.75) is 18.7 Å². The second-order valence-electron chi connectivity index (χ2n) is 2.98. The molecule has 1 aromatic rings. The van der Waals surface area contributed by atoms with E-state index in [0.29, 0.717) is 10.6 Å². The van der Waals surface area contributed by atoms with Gasteiger partial charge in [0, 0.05) is 10.6 Å². The van der Waals surface area contributed by atoms with Crippen LogP contribution in [0.2, 0.25) is 0 Å². The van der Waals surface area contributed by atoms with Gasteiger partial charge in [0.25, 0.3) is 0 Å². The Bertz CT molecular complexity index is 353. The number of hydrogen-bond acceptors (Lipinski definition) is 3. The monoisotopic (exact) mass is 207 g/mol. The van der Waals surface area contributed by atoms with E-state index in [4.69, 9.17) is 5.73 Å². The number of carbonyl (C=O) groups is 1. The first-order valence-electron chi connectivity index (χ1n) is 4.31. The topological polar surface area (TPSA) is 43.1 Å². The van der Waals surface area contributed by atoms with Gasteiger partial charge in [-0.3, -0.25) is 4.79 Å². The molecule has 74 valence electrons. The lowest BCUT2D eigenvalue weighted by Crippen LogP contribution is -2.02. The van der Waals surface area contributed by atoms with E-state index in [-0.39, 0.29) is 5.78 Å². The van der Waals surface area contributed by atoms with Crippen LogP contribution in [-0.2, 0) is 4.79 Å². The first kappa shape index (κ1) is 10.9. The molecule has 0 aromatic heterocycles. The predicted molar refractivity (Wildman–Crippen MR) is 59.9 cm³/mol. The molecule has 0 atom stereocenters. The SMILES string of the molecule is CC(=O)C(Sc1ccccc1)=C(C)N. The van der Waals surface area contributed by atoms with Crippen LogP contribution >= 0.6 is 11.8 Å². The summed E-state index contributed by atoms with van der Waals surface area (Å²) in [6.45, 7) is 3.27. The van der Waals surface area contributed by atoms with Crippen molar-refractivity contribution in [2.75, 3.05) is 0 Å². The predicted octanol–water partition coefficient (Wildman–Crippen LogP) is 2.56. The highest BCUT2D eigenvalue weighted by Gasteiger charge is 2.08. The molecule has 0 amide bonds. The fourth-order valence-corrected chi connectivity index (χ4v) is 1.87. The number of Topliss-reactive ketones (excluding diaryl/α,β-unsaturated/α-hetero) is 1. The summed E-state index contributed by atoms with van der Waals surface area (Å²) in [6.07, 6.45) is 0. The minimum atomic E-state index is 0.0128. The van der Waals surface area contributed by atoms with Crippen LogP contribution in [-0.4, -0.2) is 5.78 Å². The number of nitrogens with two attached hydrogens (primary N) is 1. The van der Waals surface area contributed by atoms with Gasteiger partial charge in [0.15, 0.2) is 5.78 Å². The van der Waals surface area contributed by atoms with E-state index >= 15 is 0 Å². The molecule has 3 heteroatoms. The molecule has 0 radical (unpaired) electrons. The summed E-state index contributed by atoms with van der Waals surface area (Å²) in [7, 11) is 0. The van der Waals surface area contributed by atoms with Crippen LogP contribution in [0.4, 0.5) is 0 Å². The van der Waals surface area contributed by atoms with E-state index in [9.17, 15) is 4.79 Å². The van der Waals surface area contributed by atoms with E-state index < -0.39 is 0 Å². The molecular formula is C11H13NOS. The summed E-state index contributed by atoms with van der Waals surface area (Å²) in [4.78, 5) is 12.9. The van der Waals surface area contributed by atoms with Gasteiger partial charge in [0.2, 0.25) is 0 Å². The van der Waals surface area contributed by atoms with Crippen molar-refractivity contribution in [1.29, 1.82) is 0 Å². The molecule has 0 saturated heterocycles. The van der Waals surface area contributed by atoms with Crippen molar-refractivity contribution in [2.24, 2.45) is 5.73 Å². The molecule has 0 heterocycles. The van der Waals surface area contributed by atoms with Gasteiger partial charge in [-0.05, 0) is 26.0 Å². The second kappa shape index (κ2) is 4.86. The molecule has 1 aromatic carbocycles. The molecular weight excluding hydrogens is 194 g/mol. The summed E-state index contributed by atoms with van der Waals surface area (Å²) in [6, 6.07) is 9.72. The molecule has 0 unspecified atom stereocenters. The zero-order valence-corrected chi connectivity index (χ0v) is 9.10. The molecule has 2 N–H and O–H groups in total. The van der Waals surface area contributed by atoms with E-state index in [1.807, 2.05) is 30.3 Å². The Morgan fingerprint density at radius 1 is 1.21 bits per heavy atom. The van der Waals surface area contributed by atoms with Crippen LogP contribution in [0, 0.1) is 0 Å². The first-order valence-corrected chi connectivity index (χ1v) is 5.13. The van der Waals surface area contributed by atoms with Gasteiger partial charge in [-0.25, -0.2) is 0 Å². The molecule has 0 bridgehead atoms. The first-order chi connectivity index (χ1) is 6.61. The molecule has 0 spiro atoms. The van der Waals surface area contributed by atoms with E-state index in [2.05, 4.69) is 0 Å². The molecule has 2 nitrogen and oxygen atoms in total. The Morgan fingerprint density at radius 2 is 1.79 bits per heavy atom. The Labute approximate surface area is 88.2 Å². The number of carbonyl (C=O) groups excluding carboxylic acids is 1. The second-order valence-corrected chi connectivity index (χ2v) is 4.07. The third-order valence-corrected chi connectivity index (χ3v) is 2.96. The van der Waals surface area contributed by atoms with Crippen LogP contribution in [0.3, 0.4) is 0 Å². The van der Waals surface area contributed by atoms with E-state index in [1.54, 1.807) is 6.92 Å². The van der Waals surface area contributed by atoms with Crippen molar-refractivity contribution in [3.63, 3.8) is 0 Å². The number of ketones is 1. The number of rotatable bonds is 3. The van der Waals surface area contributed by atoms with Gasteiger partial charge in [-0.2, -0.15) is 0 Å². The summed E-state index contributed by atoms with van der Waals surface area (Å²) >= 11 is 1.41. The van der Waals surface area contributed by atoms with Gasteiger partial charge >= 0.3 is 0 Å². The highest BCUT2D eigenvalue weighted by atomic mass is 32.2. The molecule has 1 rings (SSSR count). The van der Waals surface area contributed by atoms with Crippen molar-refractivity contribution in [1.82, 2.24) is 0 Å². The quantitative estimate of drug-likeness (QED) is 0.612. The molecule has 0 aliphatic rings. The highest BCUT2D eigenvalue weighted by Crippen LogP contribution is 2.27. The maximum Gasteiger partial charge on any atom is 0.168 e. The Balaban J connectivity index is 2.87. The number of hydrogen-bond donors (Lipinski definition) is 1. The smallest absolute Gasteiger partial charge is 0.168 e. The molecule has 14 heavy (non-hydrogen) atoms. The fraction of sp³-hybridized carbons (Fsp3) is 0.182. The van der Waals surface area contributed by atoms with Crippen LogP contribution in [0.15, 0.2) is 45.8 Å². The Morgan fingerprint density at radius 3 is 2.21 bits per heavy atom. The zero-order chi connectivity index (χ0) is 10.6. The minimum Gasteiger partial charge on any atom is -0.401 e. The highest BCUT2D eigenvalue weighted by molar-refractivity contribution is 8.04. The summed E-state index contributed by atoms with van der Waals surface area (Å²) in [5.41, 5.74) is 6.20. The lowest BCUT2D eigenvalue weighted by Gasteiger charge is -2.04. The molecule has 0 aliphatic carbocycles. The lowest BCUT2D eigenvalue weighted by atomic mass is 10.3. The van der Waals surface area contributed by atoms with E-state index in [1.165, 1.54) is 18.7 Å². The average Bonchev–Trinajstić information content (AvgIpc) is 2.15. The van der Waals surface area contributed by atoms with Crippen molar-refractivity contribution < 1.29 is 4.79 Å². The number of benzene rings is 1. The third kappa shape index (κ3) is 2.92. The van der Waals surface area contributed by atoms with Gasteiger partial charge < -0.3 is 5.73 Å². The Kier molecular flexibility index (Phi) is 3.77. The van der Waals surface area contributed by atoms with Crippen molar-refractivity contribution >= 4 is 17.5 Å². The van der Waals surface area contributed by atoms with Crippen LogP contribution in [0.5, 0.6) is 0 Å². The van der Waals surface area contributed by atoms with Crippen molar-refractivity contribution in [3.05, 3.63) is 40.9 Å². The van der Waals surface area contributed by atoms with Gasteiger partial charge in [0.1, 0.15) is 0 Å². The fourth-order valence-electron chi connectivity index (χ4n) is 1.04. The average molecular weight is 207 g/mol. The zero-order valence-electron chi connectivity index (χ0n) is 8.28. The summed E-state index contributed by atoms with van der Waals surface area (Å²) in [5.74, 6) is 0.0128. The molecule has 0 saturated carbocycles. The third-order valence-electron chi connectivity index (χ3n) is 1.64. The largest absolute Gasteiger partial charge is 0.401 e. The van der Waals surface area contributed by atoms with E-state index in [0.717, 1.165) is 4.90 Å². The Hall–Kier alpha value is -1.22. The normalized spacial score (nSPS) is 12.1. The summed E-state index contributed by atoms with van der Waals surface area (Å²) < 4.78 is 0. The number of thioether (sulfide) groups is 1. The maximum absolute atomic E-state index is 11.2. The standard InChI is InChI=1S/C11H13NOS/c1-8(12)11(9(2)13)14-10-6-4-3-5-7-10/h3-7H,12H2,1-2H3. The van der Waals surface area contributed by atoms with Gasteiger partial charge in [-0.1, -0.05) is 30.0 Å². The van der Waals surface area contributed by atoms with Gasteiger partial charge in [0.05, 0.1) is 4.91 Å². The van der Waals surface area contributed by atoms with Crippen LogP contribution in [0.1, 0.15) is 13.8 Å². The maximum atomic E-state index is 11.2.